The SMILES string of the molecule is CNCc1cc(Cl)ccc1Sc1nncs1. The Morgan fingerprint density at radius 1 is 1.50 bits per heavy atom. The van der Waals surface area contributed by atoms with E-state index in [2.05, 4.69) is 15.5 Å². The average Bonchev–Trinajstić information content (AvgIpc) is 2.75. The monoisotopic (exact) mass is 271 g/mol. The molecule has 0 saturated heterocycles. The van der Waals surface area contributed by atoms with E-state index in [9.17, 15) is 0 Å². The Morgan fingerprint density at radius 3 is 3.06 bits per heavy atom. The third kappa shape index (κ3) is 2.95. The highest BCUT2D eigenvalue weighted by atomic mass is 35.5. The molecule has 0 fully saturated rings. The highest BCUT2D eigenvalue weighted by Crippen LogP contribution is 2.32. The van der Waals surface area contributed by atoms with Crippen LogP contribution in [0.25, 0.3) is 0 Å². The van der Waals surface area contributed by atoms with Gasteiger partial charge < -0.3 is 5.32 Å². The van der Waals surface area contributed by atoms with E-state index >= 15 is 0 Å². The van der Waals surface area contributed by atoms with Crippen LogP contribution in [0.15, 0.2) is 32.9 Å². The van der Waals surface area contributed by atoms with Crippen LogP contribution < -0.4 is 5.32 Å². The van der Waals surface area contributed by atoms with Crippen LogP contribution in [0.3, 0.4) is 0 Å². The normalized spacial score (nSPS) is 10.6. The Hall–Kier alpha value is -0.620. The van der Waals surface area contributed by atoms with Gasteiger partial charge in [0.2, 0.25) is 0 Å². The Morgan fingerprint density at radius 2 is 2.38 bits per heavy atom. The minimum Gasteiger partial charge on any atom is -0.316 e. The van der Waals surface area contributed by atoms with Gasteiger partial charge in [0.25, 0.3) is 0 Å². The summed E-state index contributed by atoms with van der Waals surface area (Å²) >= 11 is 9.12. The number of hydrogen-bond donors (Lipinski definition) is 1. The van der Waals surface area contributed by atoms with Crippen LogP contribution in [0.2, 0.25) is 5.02 Å². The summed E-state index contributed by atoms with van der Waals surface area (Å²) in [5.41, 5.74) is 2.91. The van der Waals surface area contributed by atoms with E-state index in [0.717, 1.165) is 20.8 Å². The molecule has 0 aliphatic carbocycles. The predicted octanol–water partition coefficient (Wildman–Crippen LogP) is 3.06. The summed E-state index contributed by atoms with van der Waals surface area (Å²) in [4.78, 5) is 1.16. The summed E-state index contributed by atoms with van der Waals surface area (Å²) in [5.74, 6) is 0. The van der Waals surface area contributed by atoms with Crippen molar-refractivity contribution in [2.45, 2.75) is 15.8 Å². The van der Waals surface area contributed by atoms with E-state index < -0.39 is 0 Å². The summed E-state index contributed by atoms with van der Waals surface area (Å²) in [6.07, 6.45) is 0. The first kappa shape index (κ1) is 11.9. The van der Waals surface area contributed by atoms with Crippen molar-refractivity contribution < 1.29 is 0 Å². The number of aromatic nitrogens is 2. The molecule has 1 aromatic heterocycles. The van der Waals surface area contributed by atoms with Gasteiger partial charge in [-0.15, -0.1) is 10.2 Å². The Bertz CT molecular complexity index is 459. The Kier molecular flexibility index (Phi) is 4.17. The van der Waals surface area contributed by atoms with Gasteiger partial charge in [-0.05, 0) is 30.8 Å². The lowest BCUT2D eigenvalue weighted by Crippen LogP contribution is -2.06. The molecule has 0 bridgehead atoms. The van der Waals surface area contributed by atoms with Crippen LogP contribution in [0.1, 0.15) is 5.56 Å². The maximum absolute atomic E-state index is 5.97. The van der Waals surface area contributed by atoms with Crippen LogP contribution in [0.5, 0.6) is 0 Å². The first-order valence-corrected chi connectivity index (χ1v) is 6.74. The predicted molar refractivity (Wildman–Crippen MR) is 68.2 cm³/mol. The standard InChI is InChI=1S/C10H10ClN3S2/c1-12-5-7-4-8(11)2-3-9(7)16-10-14-13-6-15-10/h2-4,6,12H,5H2,1H3. The quantitative estimate of drug-likeness (QED) is 0.928. The fourth-order valence-electron chi connectivity index (χ4n) is 1.28. The lowest BCUT2D eigenvalue weighted by Gasteiger charge is -2.07. The van der Waals surface area contributed by atoms with Crippen LogP contribution in [-0.2, 0) is 6.54 Å². The molecule has 6 heteroatoms. The molecule has 0 unspecified atom stereocenters. The molecule has 0 aliphatic rings. The number of halogens is 1. The molecule has 0 radical (unpaired) electrons. The molecule has 0 spiro atoms. The van der Waals surface area contributed by atoms with Crippen molar-refractivity contribution in [3.63, 3.8) is 0 Å². The maximum Gasteiger partial charge on any atom is 0.178 e. The average molecular weight is 272 g/mol. The van der Waals surface area contributed by atoms with Crippen molar-refractivity contribution in [3.05, 3.63) is 34.3 Å². The molecule has 0 amide bonds. The van der Waals surface area contributed by atoms with E-state index in [1.54, 1.807) is 17.3 Å². The van der Waals surface area contributed by atoms with E-state index in [1.807, 2.05) is 25.2 Å². The number of hydrogen-bond acceptors (Lipinski definition) is 5. The number of nitrogens with one attached hydrogen (secondary N) is 1. The second-order valence-corrected chi connectivity index (χ2v) is 5.65. The van der Waals surface area contributed by atoms with E-state index in [4.69, 9.17) is 11.6 Å². The topological polar surface area (TPSA) is 37.8 Å². The third-order valence-corrected chi connectivity index (χ3v) is 4.06. The van der Waals surface area contributed by atoms with Crippen LogP contribution in [0.4, 0.5) is 0 Å². The van der Waals surface area contributed by atoms with Gasteiger partial charge in [0.1, 0.15) is 5.51 Å². The molecule has 16 heavy (non-hydrogen) atoms. The minimum absolute atomic E-state index is 0.756. The first-order valence-electron chi connectivity index (χ1n) is 4.66. The zero-order valence-electron chi connectivity index (χ0n) is 8.61. The van der Waals surface area contributed by atoms with Crippen LogP contribution in [0, 0.1) is 0 Å². The molecule has 2 aromatic rings. The zero-order valence-corrected chi connectivity index (χ0v) is 11.0. The highest BCUT2D eigenvalue weighted by molar-refractivity contribution is 8.01. The van der Waals surface area contributed by atoms with Crippen molar-refractivity contribution in [2.24, 2.45) is 0 Å². The summed E-state index contributed by atoms with van der Waals surface area (Å²) < 4.78 is 0.944. The zero-order chi connectivity index (χ0) is 11.4. The lowest BCUT2D eigenvalue weighted by molar-refractivity contribution is 0.803. The second-order valence-electron chi connectivity index (χ2n) is 3.09. The fraction of sp³-hybridized carbons (Fsp3) is 0.200. The highest BCUT2D eigenvalue weighted by Gasteiger charge is 2.06. The molecule has 0 aliphatic heterocycles. The lowest BCUT2D eigenvalue weighted by atomic mass is 10.2. The van der Waals surface area contributed by atoms with Crippen molar-refractivity contribution in [2.75, 3.05) is 7.05 Å². The summed E-state index contributed by atoms with van der Waals surface area (Å²) in [6.45, 7) is 0.793. The molecule has 1 aromatic carbocycles. The third-order valence-electron chi connectivity index (χ3n) is 1.93. The van der Waals surface area contributed by atoms with Gasteiger partial charge in [-0.25, -0.2) is 0 Å². The molecule has 2 rings (SSSR count). The van der Waals surface area contributed by atoms with E-state index in [-0.39, 0.29) is 0 Å². The molecule has 0 saturated carbocycles. The van der Waals surface area contributed by atoms with Crippen molar-refractivity contribution in [1.82, 2.24) is 15.5 Å². The molecular weight excluding hydrogens is 262 g/mol. The molecule has 1 heterocycles. The Balaban J connectivity index is 2.25. The van der Waals surface area contributed by atoms with Gasteiger partial charge in [0.05, 0.1) is 0 Å². The minimum atomic E-state index is 0.756. The summed E-state index contributed by atoms with van der Waals surface area (Å²) in [6, 6.07) is 5.88. The smallest absolute Gasteiger partial charge is 0.178 e. The molecule has 3 nitrogen and oxygen atoms in total. The van der Waals surface area contributed by atoms with E-state index in [1.165, 1.54) is 16.9 Å². The van der Waals surface area contributed by atoms with Gasteiger partial charge in [0.15, 0.2) is 4.34 Å². The fourth-order valence-corrected chi connectivity index (χ4v) is 3.02. The van der Waals surface area contributed by atoms with Gasteiger partial charge in [0, 0.05) is 16.5 Å². The molecule has 1 N–H and O–H groups in total. The maximum atomic E-state index is 5.97. The second kappa shape index (κ2) is 5.63. The largest absolute Gasteiger partial charge is 0.316 e. The van der Waals surface area contributed by atoms with Gasteiger partial charge in [-0.2, -0.15) is 0 Å². The Labute approximate surface area is 107 Å². The number of nitrogens with zero attached hydrogens (tertiary/aromatic N) is 2. The van der Waals surface area contributed by atoms with Crippen LogP contribution >= 0.6 is 34.7 Å². The van der Waals surface area contributed by atoms with Gasteiger partial charge >= 0.3 is 0 Å². The van der Waals surface area contributed by atoms with Crippen LogP contribution in [-0.4, -0.2) is 17.2 Å². The van der Waals surface area contributed by atoms with Gasteiger partial charge in [-0.1, -0.05) is 34.7 Å². The van der Waals surface area contributed by atoms with Crippen molar-refractivity contribution in [1.29, 1.82) is 0 Å². The molecular formula is C10H10ClN3S2. The van der Waals surface area contributed by atoms with E-state index in [0.29, 0.717) is 0 Å². The molecule has 0 atom stereocenters. The molecule has 84 valence electrons. The van der Waals surface area contributed by atoms with Gasteiger partial charge in [-0.3, -0.25) is 0 Å². The summed E-state index contributed by atoms with van der Waals surface area (Å²) in [5, 5.41) is 11.7. The number of benzene rings is 1. The first-order chi connectivity index (χ1) is 7.79. The van der Waals surface area contributed by atoms with Crippen molar-refractivity contribution in [3.8, 4) is 0 Å². The number of rotatable bonds is 4. The summed E-state index contributed by atoms with van der Waals surface area (Å²) in [7, 11) is 1.92. The van der Waals surface area contributed by atoms with Crippen molar-refractivity contribution >= 4 is 34.7 Å².